The molecule has 2 aromatic carbocycles. The zero-order valence-corrected chi connectivity index (χ0v) is 16.9. The Morgan fingerprint density at radius 2 is 1.77 bits per heavy atom. The Balaban J connectivity index is 1.92. The summed E-state index contributed by atoms with van der Waals surface area (Å²) in [7, 11) is 3.98. The van der Waals surface area contributed by atoms with Crippen molar-refractivity contribution in [2.75, 3.05) is 32.1 Å². The number of hydrogen-bond donors (Lipinski definition) is 1. The summed E-state index contributed by atoms with van der Waals surface area (Å²) >= 11 is 3.34. The predicted molar refractivity (Wildman–Crippen MR) is 108 cm³/mol. The molecule has 0 fully saturated rings. The maximum Gasteiger partial charge on any atom is 0.251 e. The molecule has 2 aromatic rings. The van der Waals surface area contributed by atoms with Crippen LogP contribution in [0.25, 0.3) is 0 Å². The minimum absolute atomic E-state index is 0.0189. The molecule has 26 heavy (non-hydrogen) atoms. The van der Waals surface area contributed by atoms with E-state index in [-0.39, 0.29) is 18.4 Å². The predicted octanol–water partition coefficient (Wildman–Crippen LogP) is 3.29. The summed E-state index contributed by atoms with van der Waals surface area (Å²) in [6.45, 7) is 3.02. The molecule has 2 rings (SSSR count). The normalized spacial score (nSPS) is 10.3. The molecule has 0 atom stereocenters. The van der Waals surface area contributed by atoms with E-state index in [1.807, 2.05) is 56.3 Å². The van der Waals surface area contributed by atoms with Crippen molar-refractivity contribution in [3.8, 4) is 0 Å². The summed E-state index contributed by atoms with van der Waals surface area (Å²) in [5.74, 6) is -0.362. The first kappa shape index (κ1) is 20.0. The highest BCUT2D eigenvalue weighted by molar-refractivity contribution is 9.10. The van der Waals surface area contributed by atoms with E-state index in [4.69, 9.17) is 0 Å². The molecule has 0 aliphatic carbocycles. The van der Waals surface area contributed by atoms with E-state index in [9.17, 15) is 9.59 Å². The molecule has 0 aliphatic rings. The molecule has 0 aromatic heterocycles. The van der Waals surface area contributed by atoms with Gasteiger partial charge >= 0.3 is 0 Å². The van der Waals surface area contributed by atoms with Crippen LogP contribution >= 0.6 is 15.9 Å². The lowest BCUT2D eigenvalue weighted by molar-refractivity contribution is -0.130. The van der Waals surface area contributed by atoms with Crippen LogP contribution in [-0.4, -0.2) is 43.9 Å². The highest BCUT2D eigenvalue weighted by Gasteiger charge is 2.14. The van der Waals surface area contributed by atoms with Crippen molar-refractivity contribution in [1.29, 1.82) is 0 Å². The van der Waals surface area contributed by atoms with Crippen molar-refractivity contribution in [1.82, 2.24) is 10.2 Å². The van der Waals surface area contributed by atoms with Gasteiger partial charge in [0.25, 0.3) is 5.91 Å². The second-order valence-electron chi connectivity index (χ2n) is 6.16. The fraction of sp³-hybridized carbons (Fsp3) is 0.300. The fourth-order valence-corrected chi connectivity index (χ4v) is 2.89. The van der Waals surface area contributed by atoms with E-state index >= 15 is 0 Å². The zero-order chi connectivity index (χ0) is 19.1. The Labute approximate surface area is 163 Å². The van der Waals surface area contributed by atoms with Crippen LogP contribution in [0.4, 0.5) is 5.69 Å². The Morgan fingerprint density at radius 3 is 2.35 bits per heavy atom. The van der Waals surface area contributed by atoms with Crippen LogP contribution in [0.5, 0.6) is 0 Å². The van der Waals surface area contributed by atoms with Gasteiger partial charge in [-0.05, 0) is 42.8 Å². The van der Waals surface area contributed by atoms with E-state index < -0.39 is 0 Å². The monoisotopic (exact) mass is 417 g/mol. The molecule has 5 nitrogen and oxygen atoms in total. The van der Waals surface area contributed by atoms with Crippen LogP contribution in [0.1, 0.15) is 22.8 Å². The average Bonchev–Trinajstić information content (AvgIpc) is 2.64. The molecular weight excluding hydrogens is 394 g/mol. The van der Waals surface area contributed by atoms with Crippen LogP contribution in [0.15, 0.2) is 53.0 Å². The van der Waals surface area contributed by atoms with Crippen molar-refractivity contribution >= 4 is 33.4 Å². The lowest BCUT2D eigenvalue weighted by Gasteiger charge is -2.22. The van der Waals surface area contributed by atoms with Crippen molar-refractivity contribution in [3.05, 3.63) is 64.1 Å². The number of anilines is 1. The van der Waals surface area contributed by atoms with Crippen LogP contribution in [0.3, 0.4) is 0 Å². The van der Waals surface area contributed by atoms with Gasteiger partial charge in [0, 0.05) is 42.9 Å². The topological polar surface area (TPSA) is 52.6 Å². The number of carbonyl (C=O) groups is 2. The standard InChI is InChI=1S/C20H24BrN3O2/c1-4-24(14-15-8-10-18(11-9-15)23(2)3)19(25)13-22-20(26)16-6-5-7-17(21)12-16/h5-12H,4,13-14H2,1-3H3,(H,22,26). The molecule has 0 bridgehead atoms. The van der Waals surface area contributed by atoms with E-state index in [2.05, 4.69) is 21.2 Å². The lowest BCUT2D eigenvalue weighted by atomic mass is 10.2. The second-order valence-corrected chi connectivity index (χ2v) is 7.08. The first-order valence-electron chi connectivity index (χ1n) is 8.48. The van der Waals surface area contributed by atoms with Gasteiger partial charge in [-0.25, -0.2) is 0 Å². The summed E-state index contributed by atoms with van der Waals surface area (Å²) < 4.78 is 0.827. The van der Waals surface area contributed by atoms with E-state index in [0.29, 0.717) is 18.7 Å². The number of carbonyl (C=O) groups excluding carboxylic acids is 2. The van der Waals surface area contributed by atoms with Gasteiger partial charge in [-0.3, -0.25) is 9.59 Å². The summed E-state index contributed by atoms with van der Waals surface area (Å²) in [5.41, 5.74) is 2.70. The minimum atomic E-state index is -0.258. The van der Waals surface area contributed by atoms with E-state index in [1.165, 1.54) is 0 Å². The van der Waals surface area contributed by atoms with Gasteiger partial charge < -0.3 is 15.1 Å². The largest absolute Gasteiger partial charge is 0.378 e. The molecule has 138 valence electrons. The van der Waals surface area contributed by atoms with Crippen LogP contribution in [-0.2, 0) is 11.3 Å². The summed E-state index contributed by atoms with van der Waals surface area (Å²) in [6, 6.07) is 15.2. The summed E-state index contributed by atoms with van der Waals surface area (Å²) in [4.78, 5) is 28.4. The van der Waals surface area contributed by atoms with Gasteiger partial charge in [-0.1, -0.05) is 34.1 Å². The lowest BCUT2D eigenvalue weighted by Crippen LogP contribution is -2.39. The van der Waals surface area contributed by atoms with Crippen LogP contribution in [0.2, 0.25) is 0 Å². The van der Waals surface area contributed by atoms with Gasteiger partial charge in [0.1, 0.15) is 0 Å². The van der Waals surface area contributed by atoms with Gasteiger partial charge in [0.05, 0.1) is 6.54 Å². The third-order valence-corrected chi connectivity index (χ3v) is 4.54. The molecule has 0 radical (unpaired) electrons. The molecule has 2 amide bonds. The first-order chi connectivity index (χ1) is 12.4. The van der Waals surface area contributed by atoms with Crippen LogP contribution < -0.4 is 10.2 Å². The molecule has 1 N–H and O–H groups in total. The Bertz CT molecular complexity index is 760. The van der Waals surface area contributed by atoms with E-state index in [0.717, 1.165) is 15.7 Å². The van der Waals surface area contributed by atoms with E-state index in [1.54, 1.807) is 23.1 Å². The average molecular weight is 418 g/mol. The number of nitrogens with one attached hydrogen (secondary N) is 1. The molecule has 6 heteroatoms. The smallest absolute Gasteiger partial charge is 0.251 e. The number of halogens is 1. The highest BCUT2D eigenvalue weighted by Crippen LogP contribution is 2.14. The molecular formula is C20H24BrN3O2. The Kier molecular flexibility index (Phi) is 7.21. The molecule has 0 saturated carbocycles. The fourth-order valence-electron chi connectivity index (χ4n) is 2.50. The number of rotatable bonds is 7. The molecule has 0 aliphatic heterocycles. The van der Waals surface area contributed by atoms with Crippen molar-refractivity contribution in [3.63, 3.8) is 0 Å². The number of benzene rings is 2. The number of hydrogen-bond acceptors (Lipinski definition) is 3. The SMILES string of the molecule is CCN(Cc1ccc(N(C)C)cc1)C(=O)CNC(=O)c1cccc(Br)c1. The third kappa shape index (κ3) is 5.59. The van der Waals surface area contributed by atoms with Crippen molar-refractivity contribution in [2.24, 2.45) is 0 Å². The number of nitrogens with zero attached hydrogens (tertiary/aromatic N) is 2. The molecule has 0 unspecified atom stereocenters. The second kappa shape index (κ2) is 9.38. The molecule has 0 spiro atoms. The summed E-state index contributed by atoms with van der Waals surface area (Å²) in [6.07, 6.45) is 0. The van der Waals surface area contributed by atoms with Gasteiger partial charge in [-0.2, -0.15) is 0 Å². The van der Waals surface area contributed by atoms with Crippen molar-refractivity contribution < 1.29 is 9.59 Å². The Hall–Kier alpha value is -2.34. The van der Waals surface area contributed by atoms with Gasteiger partial charge in [0.2, 0.25) is 5.91 Å². The summed E-state index contributed by atoms with van der Waals surface area (Å²) in [5, 5.41) is 2.69. The third-order valence-electron chi connectivity index (χ3n) is 4.05. The Morgan fingerprint density at radius 1 is 1.08 bits per heavy atom. The quantitative estimate of drug-likeness (QED) is 0.751. The van der Waals surface area contributed by atoms with Gasteiger partial charge in [-0.15, -0.1) is 0 Å². The zero-order valence-electron chi connectivity index (χ0n) is 15.3. The van der Waals surface area contributed by atoms with Gasteiger partial charge in [0.15, 0.2) is 0 Å². The first-order valence-corrected chi connectivity index (χ1v) is 9.27. The highest BCUT2D eigenvalue weighted by atomic mass is 79.9. The molecule has 0 saturated heterocycles. The minimum Gasteiger partial charge on any atom is -0.378 e. The maximum absolute atomic E-state index is 12.5. The van der Waals surface area contributed by atoms with Crippen molar-refractivity contribution in [2.45, 2.75) is 13.5 Å². The number of amides is 2. The molecule has 0 heterocycles. The van der Waals surface area contributed by atoms with Crippen LogP contribution in [0, 0.1) is 0 Å². The number of likely N-dealkylation sites (N-methyl/N-ethyl adjacent to an activating group) is 1. The maximum atomic E-state index is 12.5.